The maximum Gasteiger partial charge on any atom is 0.147 e. The van der Waals surface area contributed by atoms with Gasteiger partial charge in [-0.05, 0) is 39.8 Å². The third kappa shape index (κ3) is 2.61. The standard InChI is InChI=1S/C15H27N5/c1-19(2)15(8-4-5-9-15)12-16-11-14-18-17-13-7-3-6-10-20(13)14/h16H,3-12H2,1-2H3. The SMILES string of the molecule is CN(C)C1(CNCc2nnc3n2CCCC3)CCCC1. The zero-order valence-electron chi connectivity index (χ0n) is 12.9. The van der Waals surface area contributed by atoms with Gasteiger partial charge in [-0.2, -0.15) is 0 Å². The predicted molar refractivity (Wildman–Crippen MR) is 79.6 cm³/mol. The van der Waals surface area contributed by atoms with E-state index in [-0.39, 0.29) is 0 Å². The molecule has 1 aliphatic carbocycles. The van der Waals surface area contributed by atoms with Gasteiger partial charge in [-0.3, -0.25) is 0 Å². The highest BCUT2D eigenvalue weighted by atomic mass is 15.3. The minimum atomic E-state index is 0.352. The van der Waals surface area contributed by atoms with E-state index in [1.54, 1.807) is 0 Å². The first-order valence-corrected chi connectivity index (χ1v) is 8.00. The normalized spacial score (nSPS) is 21.4. The third-order valence-corrected chi connectivity index (χ3v) is 5.16. The quantitative estimate of drug-likeness (QED) is 0.887. The van der Waals surface area contributed by atoms with Gasteiger partial charge in [0, 0.05) is 25.0 Å². The van der Waals surface area contributed by atoms with E-state index < -0.39 is 0 Å². The van der Waals surface area contributed by atoms with Crippen LogP contribution in [0, 0.1) is 0 Å². The summed E-state index contributed by atoms with van der Waals surface area (Å²) in [5, 5.41) is 12.3. The molecule has 0 atom stereocenters. The van der Waals surface area contributed by atoms with Crippen LogP contribution in [-0.2, 0) is 19.5 Å². The van der Waals surface area contributed by atoms with Gasteiger partial charge >= 0.3 is 0 Å². The molecule has 112 valence electrons. The Morgan fingerprint density at radius 1 is 1.15 bits per heavy atom. The highest BCUT2D eigenvalue weighted by Crippen LogP contribution is 2.33. The summed E-state index contributed by atoms with van der Waals surface area (Å²) >= 11 is 0. The first-order valence-electron chi connectivity index (χ1n) is 8.00. The second-order valence-electron chi connectivity index (χ2n) is 6.57. The summed E-state index contributed by atoms with van der Waals surface area (Å²) in [5.41, 5.74) is 0.352. The molecule has 20 heavy (non-hydrogen) atoms. The van der Waals surface area contributed by atoms with Gasteiger partial charge in [-0.25, -0.2) is 0 Å². The summed E-state index contributed by atoms with van der Waals surface area (Å²) in [4.78, 5) is 2.41. The van der Waals surface area contributed by atoms with E-state index in [0.29, 0.717) is 5.54 Å². The molecule has 0 aromatic carbocycles. The molecule has 0 unspecified atom stereocenters. The molecule has 0 bridgehead atoms. The molecule has 3 rings (SSSR count). The van der Waals surface area contributed by atoms with E-state index in [1.807, 2.05) is 0 Å². The van der Waals surface area contributed by atoms with Crippen molar-refractivity contribution >= 4 is 0 Å². The first-order chi connectivity index (χ1) is 9.71. The lowest BCUT2D eigenvalue weighted by atomic mass is 9.96. The van der Waals surface area contributed by atoms with Crippen LogP contribution in [0.2, 0.25) is 0 Å². The highest BCUT2D eigenvalue weighted by molar-refractivity contribution is 5.00. The molecule has 1 aliphatic heterocycles. The Balaban J connectivity index is 1.58. The molecule has 1 N–H and O–H groups in total. The fraction of sp³-hybridized carbons (Fsp3) is 0.867. The number of nitrogens with zero attached hydrogens (tertiary/aromatic N) is 4. The molecule has 0 saturated heterocycles. The fourth-order valence-corrected chi connectivity index (χ4v) is 3.72. The second kappa shape index (κ2) is 5.82. The molecule has 0 radical (unpaired) electrons. The summed E-state index contributed by atoms with van der Waals surface area (Å²) in [6.45, 7) is 3.00. The van der Waals surface area contributed by atoms with Gasteiger partial charge in [0.1, 0.15) is 11.6 Å². The van der Waals surface area contributed by atoms with E-state index >= 15 is 0 Å². The Labute approximate surface area is 121 Å². The van der Waals surface area contributed by atoms with Crippen LogP contribution in [0.4, 0.5) is 0 Å². The minimum absolute atomic E-state index is 0.352. The van der Waals surface area contributed by atoms with Gasteiger partial charge in [0.25, 0.3) is 0 Å². The monoisotopic (exact) mass is 277 g/mol. The van der Waals surface area contributed by atoms with Gasteiger partial charge in [0.05, 0.1) is 6.54 Å². The van der Waals surface area contributed by atoms with Crippen LogP contribution in [0.15, 0.2) is 0 Å². The Morgan fingerprint density at radius 3 is 2.70 bits per heavy atom. The Hall–Kier alpha value is -0.940. The molecule has 1 aromatic rings. The zero-order valence-corrected chi connectivity index (χ0v) is 12.9. The third-order valence-electron chi connectivity index (χ3n) is 5.16. The van der Waals surface area contributed by atoms with Crippen LogP contribution in [0.5, 0.6) is 0 Å². The average Bonchev–Trinajstić information content (AvgIpc) is 3.07. The van der Waals surface area contributed by atoms with Crippen LogP contribution in [-0.4, -0.2) is 45.8 Å². The van der Waals surface area contributed by atoms with Crippen molar-refractivity contribution in [1.29, 1.82) is 0 Å². The largest absolute Gasteiger partial charge is 0.314 e. The molecular formula is C15H27N5. The Bertz CT molecular complexity index is 445. The van der Waals surface area contributed by atoms with E-state index in [0.717, 1.165) is 31.9 Å². The van der Waals surface area contributed by atoms with Crippen LogP contribution < -0.4 is 5.32 Å². The number of nitrogens with one attached hydrogen (secondary N) is 1. The molecule has 0 amide bonds. The van der Waals surface area contributed by atoms with Crippen molar-refractivity contribution in [2.24, 2.45) is 0 Å². The minimum Gasteiger partial charge on any atom is -0.314 e. The number of likely N-dealkylation sites (N-methyl/N-ethyl adjacent to an activating group) is 1. The topological polar surface area (TPSA) is 46.0 Å². The highest BCUT2D eigenvalue weighted by Gasteiger charge is 2.35. The number of hydrogen-bond acceptors (Lipinski definition) is 4. The van der Waals surface area contributed by atoms with E-state index in [2.05, 4.69) is 39.1 Å². The van der Waals surface area contributed by atoms with Crippen LogP contribution in [0.1, 0.15) is 50.2 Å². The van der Waals surface area contributed by atoms with Gasteiger partial charge in [-0.15, -0.1) is 10.2 Å². The van der Waals surface area contributed by atoms with Crippen molar-refractivity contribution in [3.05, 3.63) is 11.6 Å². The predicted octanol–water partition coefficient (Wildman–Crippen LogP) is 1.58. The smallest absolute Gasteiger partial charge is 0.147 e. The lowest BCUT2D eigenvalue weighted by Crippen LogP contribution is -2.49. The second-order valence-corrected chi connectivity index (χ2v) is 6.57. The van der Waals surface area contributed by atoms with Crippen molar-refractivity contribution < 1.29 is 0 Å². The van der Waals surface area contributed by atoms with Gasteiger partial charge in [0.15, 0.2) is 0 Å². The molecule has 1 fully saturated rings. The lowest BCUT2D eigenvalue weighted by Gasteiger charge is -2.36. The van der Waals surface area contributed by atoms with Crippen LogP contribution >= 0.6 is 0 Å². The number of aryl methyl sites for hydroxylation is 1. The van der Waals surface area contributed by atoms with E-state index in [9.17, 15) is 0 Å². The molecule has 0 spiro atoms. The molecule has 2 aliphatic rings. The zero-order chi connectivity index (χ0) is 14.0. The molecule has 1 saturated carbocycles. The Kier molecular flexibility index (Phi) is 4.08. The summed E-state index contributed by atoms with van der Waals surface area (Å²) in [5.74, 6) is 2.29. The van der Waals surface area contributed by atoms with Gasteiger partial charge in [0.2, 0.25) is 0 Å². The summed E-state index contributed by atoms with van der Waals surface area (Å²) in [6, 6.07) is 0. The lowest BCUT2D eigenvalue weighted by molar-refractivity contribution is 0.153. The van der Waals surface area contributed by atoms with Crippen molar-refractivity contribution in [1.82, 2.24) is 25.0 Å². The summed E-state index contributed by atoms with van der Waals surface area (Å²) in [6.07, 6.45) is 8.96. The fourth-order valence-electron chi connectivity index (χ4n) is 3.72. The van der Waals surface area contributed by atoms with E-state index in [4.69, 9.17) is 0 Å². The molecule has 5 nitrogen and oxygen atoms in total. The summed E-state index contributed by atoms with van der Waals surface area (Å²) < 4.78 is 2.31. The molecule has 5 heteroatoms. The molecule has 1 aromatic heterocycles. The van der Waals surface area contributed by atoms with Crippen molar-refractivity contribution in [3.8, 4) is 0 Å². The van der Waals surface area contributed by atoms with Crippen LogP contribution in [0.25, 0.3) is 0 Å². The average molecular weight is 277 g/mol. The van der Waals surface area contributed by atoms with Gasteiger partial charge < -0.3 is 14.8 Å². The maximum absolute atomic E-state index is 4.37. The summed E-state index contributed by atoms with van der Waals surface area (Å²) in [7, 11) is 4.43. The molecule has 2 heterocycles. The Morgan fingerprint density at radius 2 is 1.95 bits per heavy atom. The maximum atomic E-state index is 4.37. The van der Waals surface area contributed by atoms with E-state index in [1.165, 1.54) is 44.3 Å². The number of fused-ring (bicyclic) bond motifs is 1. The van der Waals surface area contributed by atoms with Crippen molar-refractivity contribution in [3.63, 3.8) is 0 Å². The molecular weight excluding hydrogens is 250 g/mol. The van der Waals surface area contributed by atoms with Crippen molar-refractivity contribution in [2.45, 2.75) is 63.6 Å². The number of aromatic nitrogens is 3. The van der Waals surface area contributed by atoms with Crippen LogP contribution in [0.3, 0.4) is 0 Å². The first kappa shape index (κ1) is 14.0. The van der Waals surface area contributed by atoms with Crippen molar-refractivity contribution in [2.75, 3.05) is 20.6 Å². The number of hydrogen-bond donors (Lipinski definition) is 1. The number of rotatable bonds is 5. The van der Waals surface area contributed by atoms with Gasteiger partial charge in [-0.1, -0.05) is 12.8 Å².